The third-order valence-corrected chi connectivity index (χ3v) is 6.37. The first-order valence-electron chi connectivity index (χ1n) is 12.9. The van der Waals surface area contributed by atoms with E-state index < -0.39 is 41.5 Å². The van der Waals surface area contributed by atoms with Gasteiger partial charge in [-0.3, -0.25) is 14.4 Å². The van der Waals surface area contributed by atoms with Crippen LogP contribution in [0, 0.1) is 20.8 Å². The van der Waals surface area contributed by atoms with Crippen LogP contribution in [-0.4, -0.2) is 46.9 Å². The second kappa shape index (κ2) is 13.5. The van der Waals surface area contributed by atoms with Crippen LogP contribution in [0.4, 0.5) is 10.5 Å². The number of hydrogen-bond acceptors (Lipinski definition) is 5. The van der Waals surface area contributed by atoms with Crippen molar-refractivity contribution in [2.45, 2.75) is 79.0 Å². The number of alkyl carbamates (subject to hydrolysis) is 1. The summed E-state index contributed by atoms with van der Waals surface area (Å²) >= 11 is 6.39. The average molecular weight is 559 g/mol. The van der Waals surface area contributed by atoms with Gasteiger partial charge in [-0.25, -0.2) is 4.79 Å². The van der Waals surface area contributed by atoms with E-state index >= 15 is 0 Å². The van der Waals surface area contributed by atoms with Gasteiger partial charge in [0.25, 0.3) is 5.91 Å². The summed E-state index contributed by atoms with van der Waals surface area (Å²) in [4.78, 5) is 53.5. The summed E-state index contributed by atoms with van der Waals surface area (Å²) in [5.41, 5.74) is 8.08. The lowest BCUT2D eigenvalue weighted by atomic mass is 9.95. The number of aryl methyl sites for hydroxylation is 3. The molecule has 0 bridgehead atoms. The number of primary amides is 1. The summed E-state index contributed by atoms with van der Waals surface area (Å²) in [5.74, 6) is -1.65. The van der Waals surface area contributed by atoms with Crippen molar-refractivity contribution in [2.24, 2.45) is 5.73 Å². The molecule has 0 fully saturated rings. The number of nitrogens with one attached hydrogen (secondary N) is 2. The molecule has 0 aromatic heterocycles. The highest BCUT2D eigenvalue weighted by Gasteiger charge is 2.36. The van der Waals surface area contributed by atoms with Gasteiger partial charge in [0.2, 0.25) is 11.8 Å². The SMILES string of the molecule is CCN(C(=O)C(CCC(N)=O)NC(=O)OC(C)(C)C)C(C(=O)Nc1c(C)cccc1Cl)c1cc(C)ccc1C. The van der Waals surface area contributed by atoms with Gasteiger partial charge >= 0.3 is 6.09 Å². The van der Waals surface area contributed by atoms with Crippen LogP contribution in [0.15, 0.2) is 36.4 Å². The smallest absolute Gasteiger partial charge is 0.408 e. The van der Waals surface area contributed by atoms with E-state index in [2.05, 4.69) is 10.6 Å². The van der Waals surface area contributed by atoms with E-state index in [9.17, 15) is 19.2 Å². The molecule has 0 spiro atoms. The molecule has 0 radical (unpaired) electrons. The van der Waals surface area contributed by atoms with Crippen molar-refractivity contribution in [3.63, 3.8) is 0 Å². The summed E-state index contributed by atoms with van der Waals surface area (Å²) in [5, 5.41) is 5.84. The zero-order valence-electron chi connectivity index (χ0n) is 23.7. The van der Waals surface area contributed by atoms with Crippen molar-refractivity contribution in [2.75, 3.05) is 11.9 Å². The van der Waals surface area contributed by atoms with Crippen molar-refractivity contribution in [1.29, 1.82) is 0 Å². The van der Waals surface area contributed by atoms with Crippen molar-refractivity contribution < 1.29 is 23.9 Å². The third-order valence-electron chi connectivity index (χ3n) is 6.05. The predicted octanol–water partition coefficient (Wildman–Crippen LogP) is 4.95. The number of likely N-dealkylation sites (N-methyl/N-ethyl adjacent to an activating group) is 1. The van der Waals surface area contributed by atoms with E-state index in [0.29, 0.717) is 16.3 Å². The minimum atomic E-state index is -1.16. The van der Waals surface area contributed by atoms with Crippen molar-refractivity contribution >= 4 is 41.1 Å². The molecule has 2 aromatic carbocycles. The van der Waals surface area contributed by atoms with Crippen LogP contribution < -0.4 is 16.4 Å². The van der Waals surface area contributed by atoms with Crippen LogP contribution in [0.25, 0.3) is 0 Å². The molecule has 0 heterocycles. The maximum atomic E-state index is 14.0. The van der Waals surface area contributed by atoms with Crippen LogP contribution in [0.1, 0.15) is 68.8 Å². The molecule has 4 N–H and O–H groups in total. The number of nitrogens with two attached hydrogens (primary N) is 1. The molecule has 0 saturated heterocycles. The van der Waals surface area contributed by atoms with Crippen LogP contribution >= 0.6 is 11.6 Å². The number of carbonyl (C=O) groups is 4. The van der Waals surface area contributed by atoms with Gasteiger partial charge in [-0.15, -0.1) is 0 Å². The van der Waals surface area contributed by atoms with Crippen LogP contribution in [-0.2, 0) is 19.1 Å². The lowest BCUT2D eigenvalue weighted by molar-refractivity contribution is -0.140. The Hall–Kier alpha value is -3.59. The van der Waals surface area contributed by atoms with E-state index in [4.69, 9.17) is 22.1 Å². The molecule has 39 heavy (non-hydrogen) atoms. The van der Waals surface area contributed by atoms with Gasteiger partial charge < -0.3 is 26.0 Å². The van der Waals surface area contributed by atoms with Gasteiger partial charge in [0.05, 0.1) is 10.7 Å². The Morgan fingerprint density at radius 2 is 1.72 bits per heavy atom. The van der Waals surface area contributed by atoms with Gasteiger partial charge in [-0.1, -0.05) is 47.5 Å². The molecule has 0 aliphatic rings. The van der Waals surface area contributed by atoms with Crippen LogP contribution in [0.2, 0.25) is 5.02 Å². The Balaban J connectivity index is 2.56. The number of halogens is 1. The molecule has 0 aliphatic heterocycles. The van der Waals surface area contributed by atoms with E-state index in [0.717, 1.165) is 16.7 Å². The van der Waals surface area contributed by atoms with Crippen LogP contribution in [0.3, 0.4) is 0 Å². The van der Waals surface area contributed by atoms with Gasteiger partial charge in [-0.2, -0.15) is 0 Å². The number of nitrogens with zero attached hydrogens (tertiary/aromatic N) is 1. The Morgan fingerprint density at radius 3 is 2.28 bits per heavy atom. The molecule has 10 heteroatoms. The highest BCUT2D eigenvalue weighted by atomic mass is 35.5. The van der Waals surface area contributed by atoms with Gasteiger partial charge in [0.1, 0.15) is 17.7 Å². The summed E-state index contributed by atoms with van der Waals surface area (Å²) in [6.07, 6.45) is -1.03. The monoisotopic (exact) mass is 558 g/mol. The number of rotatable bonds is 10. The molecule has 0 aliphatic carbocycles. The highest BCUT2D eigenvalue weighted by molar-refractivity contribution is 6.34. The Bertz CT molecular complexity index is 1200. The largest absolute Gasteiger partial charge is 0.444 e. The topological polar surface area (TPSA) is 131 Å². The summed E-state index contributed by atoms with van der Waals surface area (Å²) in [6.45, 7) is 12.5. The molecule has 2 atom stereocenters. The molecular weight excluding hydrogens is 520 g/mol. The summed E-state index contributed by atoms with van der Waals surface area (Å²) in [7, 11) is 0. The molecular formula is C29H39ClN4O5. The zero-order valence-corrected chi connectivity index (χ0v) is 24.4. The number of benzene rings is 2. The van der Waals surface area contributed by atoms with Gasteiger partial charge in [0, 0.05) is 13.0 Å². The first-order chi connectivity index (χ1) is 18.1. The van der Waals surface area contributed by atoms with E-state index in [1.807, 2.05) is 45.0 Å². The summed E-state index contributed by atoms with van der Waals surface area (Å²) in [6, 6.07) is 8.71. The quantitative estimate of drug-likeness (QED) is 0.379. The van der Waals surface area contributed by atoms with E-state index in [-0.39, 0.29) is 19.4 Å². The number of amides is 4. The second-order valence-corrected chi connectivity index (χ2v) is 10.9. The maximum absolute atomic E-state index is 14.0. The normalized spacial score (nSPS) is 12.7. The maximum Gasteiger partial charge on any atom is 0.408 e. The zero-order chi connectivity index (χ0) is 29.5. The molecule has 2 rings (SSSR count). The van der Waals surface area contributed by atoms with Gasteiger partial charge in [0.15, 0.2) is 0 Å². The lowest BCUT2D eigenvalue weighted by Crippen LogP contribution is -2.52. The first-order valence-corrected chi connectivity index (χ1v) is 13.2. The Labute approximate surface area is 235 Å². The minimum absolute atomic E-state index is 0.0608. The third kappa shape index (κ3) is 8.99. The molecule has 2 unspecified atom stereocenters. The van der Waals surface area contributed by atoms with Crippen molar-refractivity contribution in [3.05, 3.63) is 63.7 Å². The Kier molecular flexibility index (Phi) is 10.9. The standard InChI is InChI=1S/C29H39ClN4O5/c1-8-34(27(37)22(14-15-23(31)35)32-28(38)39-29(5,6)7)25(20-16-17(2)12-13-18(20)3)26(36)33-24-19(4)10-9-11-21(24)30/h9-13,16,22,25H,8,14-15H2,1-7H3,(H2,31,35)(H,32,38)(H,33,36). The van der Waals surface area contributed by atoms with E-state index in [1.54, 1.807) is 39.8 Å². The van der Waals surface area contributed by atoms with Crippen LogP contribution in [0.5, 0.6) is 0 Å². The number of anilines is 1. The fraction of sp³-hybridized carbons (Fsp3) is 0.448. The Morgan fingerprint density at radius 1 is 1.05 bits per heavy atom. The minimum Gasteiger partial charge on any atom is -0.444 e. The predicted molar refractivity (Wildman–Crippen MR) is 152 cm³/mol. The molecule has 4 amide bonds. The summed E-state index contributed by atoms with van der Waals surface area (Å²) < 4.78 is 5.34. The van der Waals surface area contributed by atoms with Gasteiger partial charge in [-0.05, 0) is 77.6 Å². The van der Waals surface area contributed by atoms with E-state index in [1.165, 1.54) is 4.90 Å². The molecule has 0 saturated carbocycles. The molecule has 9 nitrogen and oxygen atoms in total. The highest BCUT2D eigenvalue weighted by Crippen LogP contribution is 2.31. The molecule has 2 aromatic rings. The second-order valence-electron chi connectivity index (χ2n) is 10.5. The lowest BCUT2D eigenvalue weighted by Gasteiger charge is -2.34. The first kappa shape index (κ1) is 31.6. The average Bonchev–Trinajstić information content (AvgIpc) is 2.82. The number of hydrogen-bond donors (Lipinski definition) is 3. The molecule has 212 valence electrons. The number of ether oxygens (including phenoxy) is 1. The van der Waals surface area contributed by atoms with Crippen molar-refractivity contribution in [1.82, 2.24) is 10.2 Å². The fourth-order valence-electron chi connectivity index (χ4n) is 4.15. The van der Waals surface area contributed by atoms with Crippen molar-refractivity contribution in [3.8, 4) is 0 Å². The number of carbonyl (C=O) groups excluding carboxylic acids is 4. The fourth-order valence-corrected chi connectivity index (χ4v) is 4.42. The number of para-hydroxylation sites is 1.